The largest absolute Gasteiger partial charge is 0.461 e. The first kappa shape index (κ1) is 22.9. The van der Waals surface area contributed by atoms with Gasteiger partial charge in [-0.05, 0) is 22.3 Å². The minimum absolute atomic E-state index is 0.109. The van der Waals surface area contributed by atoms with Gasteiger partial charge in [0.1, 0.15) is 12.3 Å². The molecule has 6 nitrogen and oxygen atoms in total. The Morgan fingerprint density at radius 3 is 2.10 bits per heavy atom. The smallest absolute Gasteiger partial charge is 0.360 e. The van der Waals surface area contributed by atoms with Crippen LogP contribution in [-0.4, -0.2) is 32.5 Å². The van der Waals surface area contributed by atoms with Gasteiger partial charge in [0.2, 0.25) is 5.89 Å². The number of rotatable bonds is 8. The number of nitrogens with zero attached hydrogens (tertiary/aromatic N) is 1. The molecule has 0 amide bonds. The van der Waals surface area contributed by atoms with Crippen molar-refractivity contribution in [1.29, 1.82) is 0 Å². The van der Waals surface area contributed by atoms with E-state index in [2.05, 4.69) is 50.0 Å². The number of hydrogen-bond acceptors (Lipinski definition) is 6. The molecule has 1 heterocycles. The van der Waals surface area contributed by atoms with Gasteiger partial charge in [0, 0.05) is 0 Å². The standard InChI is InChI=1S/C24H30N2O4Si/c1-5-28-23(27)21-17-29-22(26-21)20(25)16-30-31(24(2,3)4,18-12-8-6-9-13-18)19-14-10-7-11-15-19/h6-15,17,20H,5,16,25H2,1-4H3/t20-/m0/s1. The van der Waals surface area contributed by atoms with E-state index < -0.39 is 20.3 Å². The van der Waals surface area contributed by atoms with Gasteiger partial charge in [-0.15, -0.1) is 0 Å². The van der Waals surface area contributed by atoms with Crippen molar-refractivity contribution in [2.45, 2.75) is 38.8 Å². The highest BCUT2D eigenvalue weighted by Gasteiger charge is 2.50. The first-order valence-electron chi connectivity index (χ1n) is 10.4. The Morgan fingerprint density at radius 1 is 1.06 bits per heavy atom. The Labute approximate surface area is 184 Å². The molecule has 0 aliphatic carbocycles. The maximum Gasteiger partial charge on any atom is 0.360 e. The molecule has 3 rings (SSSR count). The van der Waals surface area contributed by atoms with E-state index in [0.29, 0.717) is 0 Å². The monoisotopic (exact) mass is 438 g/mol. The van der Waals surface area contributed by atoms with Crippen molar-refractivity contribution in [2.75, 3.05) is 13.2 Å². The van der Waals surface area contributed by atoms with E-state index in [1.165, 1.54) is 16.6 Å². The quantitative estimate of drug-likeness (QED) is 0.428. The number of carbonyl (C=O) groups is 1. The number of esters is 1. The first-order chi connectivity index (χ1) is 14.8. The molecular weight excluding hydrogens is 408 g/mol. The molecule has 0 saturated carbocycles. The van der Waals surface area contributed by atoms with Crippen LogP contribution in [0.3, 0.4) is 0 Å². The highest BCUT2D eigenvalue weighted by Crippen LogP contribution is 2.37. The van der Waals surface area contributed by atoms with Crippen LogP contribution in [0.4, 0.5) is 0 Å². The maximum absolute atomic E-state index is 11.9. The second-order valence-electron chi connectivity index (χ2n) is 8.37. The van der Waals surface area contributed by atoms with E-state index in [9.17, 15) is 4.79 Å². The second kappa shape index (κ2) is 9.59. The van der Waals surface area contributed by atoms with E-state index >= 15 is 0 Å². The third kappa shape index (κ3) is 4.79. The molecule has 0 bridgehead atoms. The molecule has 31 heavy (non-hydrogen) atoms. The Bertz CT molecular complexity index is 944. The summed E-state index contributed by atoms with van der Waals surface area (Å²) in [6.45, 7) is 8.82. The van der Waals surface area contributed by atoms with Crippen molar-refractivity contribution in [3.63, 3.8) is 0 Å². The molecule has 2 N–H and O–H groups in total. The van der Waals surface area contributed by atoms with Gasteiger partial charge in [-0.1, -0.05) is 81.4 Å². The lowest BCUT2D eigenvalue weighted by Crippen LogP contribution is -2.67. The van der Waals surface area contributed by atoms with Crippen molar-refractivity contribution >= 4 is 24.7 Å². The van der Waals surface area contributed by atoms with Crippen LogP contribution < -0.4 is 16.1 Å². The van der Waals surface area contributed by atoms with Gasteiger partial charge in [-0.25, -0.2) is 9.78 Å². The highest BCUT2D eigenvalue weighted by molar-refractivity contribution is 6.99. The molecule has 0 aliphatic heterocycles. The summed E-state index contributed by atoms with van der Waals surface area (Å²) in [6.07, 6.45) is 1.27. The lowest BCUT2D eigenvalue weighted by molar-refractivity contribution is 0.0519. The lowest BCUT2D eigenvalue weighted by atomic mass is 10.2. The van der Waals surface area contributed by atoms with E-state index in [4.69, 9.17) is 19.3 Å². The number of hydrogen-bond donors (Lipinski definition) is 1. The summed E-state index contributed by atoms with van der Waals surface area (Å²) in [5, 5.41) is 2.17. The van der Waals surface area contributed by atoms with Crippen LogP contribution in [-0.2, 0) is 9.16 Å². The Balaban J connectivity index is 1.94. The normalized spacial score (nSPS) is 13.1. The average molecular weight is 439 g/mol. The Hall–Kier alpha value is -2.74. The molecular formula is C24H30N2O4Si. The summed E-state index contributed by atoms with van der Waals surface area (Å²) in [5.74, 6) is -0.279. The summed E-state index contributed by atoms with van der Waals surface area (Å²) < 4.78 is 17.2. The molecule has 1 atom stereocenters. The third-order valence-corrected chi connectivity index (χ3v) is 10.2. The van der Waals surface area contributed by atoms with Gasteiger partial charge in [0.15, 0.2) is 5.69 Å². The zero-order chi connectivity index (χ0) is 22.5. The maximum atomic E-state index is 11.9. The van der Waals surface area contributed by atoms with Crippen molar-refractivity contribution in [3.8, 4) is 0 Å². The van der Waals surface area contributed by atoms with E-state index in [1.807, 2.05) is 36.4 Å². The van der Waals surface area contributed by atoms with Gasteiger partial charge in [-0.3, -0.25) is 0 Å². The predicted octanol–water partition coefficient (Wildman–Crippen LogP) is 3.43. The number of benzene rings is 2. The van der Waals surface area contributed by atoms with Crippen LogP contribution >= 0.6 is 0 Å². The highest BCUT2D eigenvalue weighted by atomic mass is 28.4. The summed E-state index contributed by atoms with van der Waals surface area (Å²) in [7, 11) is -2.71. The SMILES string of the molecule is CCOC(=O)c1coc([C@@H](N)CO[Si](c2ccccc2)(c2ccccc2)C(C)(C)C)n1. The molecule has 2 aromatic carbocycles. The molecule has 3 aromatic rings. The van der Waals surface area contributed by atoms with Crippen LogP contribution in [0.15, 0.2) is 71.3 Å². The van der Waals surface area contributed by atoms with Gasteiger partial charge in [0.25, 0.3) is 8.32 Å². The fourth-order valence-electron chi connectivity index (χ4n) is 3.80. The minimum atomic E-state index is -2.71. The summed E-state index contributed by atoms with van der Waals surface area (Å²) in [5.41, 5.74) is 6.49. The molecule has 0 spiro atoms. The van der Waals surface area contributed by atoms with Gasteiger partial charge < -0.3 is 19.3 Å². The van der Waals surface area contributed by atoms with E-state index in [-0.39, 0.29) is 29.8 Å². The minimum Gasteiger partial charge on any atom is -0.461 e. The van der Waals surface area contributed by atoms with Crippen LogP contribution in [0.2, 0.25) is 5.04 Å². The van der Waals surface area contributed by atoms with Crippen molar-refractivity contribution < 1.29 is 18.4 Å². The van der Waals surface area contributed by atoms with Crippen LogP contribution in [0.25, 0.3) is 0 Å². The summed E-state index contributed by atoms with van der Waals surface area (Å²) in [6, 6.07) is 20.0. The molecule has 1 aromatic heterocycles. The zero-order valence-electron chi connectivity index (χ0n) is 18.5. The number of nitrogens with two attached hydrogens (primary N) is 1. The number of oxazole rings is 1. The van der Waals surface area contributed by atoms with Crippen LogP contribution in [0.5, 0.6) is 0 Å². The molecule has 7 heteroatoms. The Kier molecular flexibility index (Phi) is 7.10. The second-order valence-corrected chi connectivity index (χ2v) is 12.7. The summed E-state index contributed by atoms with van der Waals surface area (Å²) >= 11 is 0. The number of ether oxygens (including phenoxy) is 1. The third-order valence-electron chi connectivity index (χ3n) is 5.22. The van der Waals surface area contributed by atoms with E-state index in [0.717, 1.165) is 0 Å². The zero-order valence-corrected chi connectivity index (χ0v) is 19.5. The van der Waals surface area contributed by atoms with Gasteiger partial charge >= 0.3 is 5.97 Å². The van der Waals surface area contributed by atoms with Gasteiger partial charge in [-0.2, -0.15) is 0 Å². The molecule has 0 saturated heterocycles. The molecule has 0 fully saturated rings. The van der Waals surface area contributed by atoms with E-state index in [1.54, 1.807) is 6.92 Å². The molecule has 164 valence electrons. The molecule has 0 radical (unpaired) electrons. The Morgan fingerprint density at radius 2 is 1.61 bits per heavy atom. The number of aromatic nitrogens is 1. The van der Waals surface area contributed by atoms with Crippen molar-refractivity contribution in [2.24, 2.45) is 5.73 Å². The van der Waals surface area contributed by atoms with Crippen LogP contribution in [0.1, 0.15) is 50.1 Å². The van der Waals surface area contributed by atoms with Gasteiger partial charge in [0.05, 0.1) is 13.2 Å². The fourth-order valence-corrected chi connectivity index (χ4v) is 8.39. The molecule has 0 aliphatic rings. The fraction of sp³-hybridized carbons (Fsp3) is 0.333. The van der Waals surface area contributed by atoms with Crippen molar-refractivity contribution in [1.82, 2.24) is 4.98 Å². The number of carbonyl (C=O) groups excluding carboxylic acids is 1. The van der Waals surface area contributed by atoms with Crippen molar-refractivity contribution in [3.05, 3.63) is 78.5 Å². The first-order valence-corrected chi connectivity index (χ1v) is 12.3. The topological polar surface area (TPSA) is 87.6 Å². The summed E-state index contributed by atoms with van der Waals surface area (Å²) in [4.78, 5) is 16.1. The predicted molar refractivity (Wildman–Crippen MR) is 123 cm³/mol. The molecule has 0 unspecified atom stereocenters. The van der Waals surface area contributed by atoms with Crippen LogP contribution in [0, 0.1) is 0 Å². The average Bonchev–Trinajstić information content (AvgIpc) is 3.25. The lowest BCUT2D eigenvalue weighted by Gasteiger charge is -2.43.